The van der Waals surface area contributed by atoms with Gasteiger partial charge in [-0.05, 0) is 50.9 Å². The second kappa shape index (κ2) is 10.1. The Morgan fingerprint density at radius 3 is 2.26 bits per heavy atom. The van der Waals surface area contributed by atoms with E-state index in [1.54, 1.807) is 6.07 Å². The van der Waals surface area contributed by atoms with Gasteiger partial charge in [-0.1, -0.05) is 56.8 Å². The molecule has 0 unspecified atom stereocenters. The lowest BCUT2D eigenvalue weighted by Gasteiger charge is -2.45. The van der Waals surface area contributed by atoms with Gasteiger partial charge in [0.05, 0.1) is 22.6 Å². The number of rotatable bonds is 3. The summed E-state index contributed by atoms with van der Waals surface area (Å²) in [7, 11) is 2.15. The van der Waals surface area contributed by atoms with Crippen LogP contribution in [-0.4, -0.2) is 65.9 Å². The lowest BCUT2D eigenvalue weighted by molar-refractivity contribution is -0.137. The Hall–Kier alpha value is -1.51. The zero-order valence-electron chi connectivity index (χ0n) is 20.7. The van der Waals surface area contributed by atoms with Gasteiger partial charge >= 0.3 is 6.18 Å². The summed E-state index contributed by atoms with van der Waals surface area (Å²) < 4.78 is 41.0. The lowest BCUT2D eigenvalue weighted by atomic mass is 9.69. The summed E-state index contributed by atoms with van der Waals surface area (Å²) in [6.45, 7) is 3.84. The van der Waals surface area contributed by atoms with Crippen LogP contribution >= 0.6 is 12.2 Å². The molecule has 4 fully saturated rings. The van der Waals surface area contributed by atoms with Crippen LogP contribution in [-0.2, 0) is 6.18 Å². The smallest absolute Gasteiger partial charge is 0.304 e. The maximum absolute atomic E-state index is 13.7. The minimum Gasteiger partial charge on any atom is -0.304 e. The molecule has 0 N–H and O–H groups in total. The average molecular weight is 507 g/mol. The molecule has 1 aromatic rings. The molecule has 4 aliphatic rings. The molecule has 2 aliphatic carbocycles. The Kier molecular flexibility index (Phi) is 7.26. The summed E-state index contributed by atoms with van der Waals surface area (Å²) in [5.74, 6) is 0.910. The first-order valence-electron chi connectivity index (χ1n) is 13.3. The van der Waals surface area contributed by atoms with Gasteiger partial charge in [-0.15, -0.1) is 0 Å². The normalized spacial score (nSPS) is 28.3. The van der Waals surface area contributed by atoms with Gasteiger partial charge in [0, 0.05) is 37.3 Å². The highest BCUT2D eigenvalue weighted by Crippen LogP contribution is 2.50. The molecule has 1 aromatic carbocycles. The van der Waals surface area contributed by atoms with E-state index >= 15 is 0 Å². The van der Waals surface area contributed by atoms with Crippen molar-refractivity contribution in [1.29, 1.82) is 0 Å². The van der Waals surface area contributed by atoms with Crippen LogP contribution < -0.4 is 4.90 Å². The molecule has 35 heavy (non-hydrogen) atoms. The molecular weight excluding hydrogens is 469 g/mol. The summed E-state index contributed by atoms with van der Waals surface area (Å²) in [5, 5.41) is 0. The molecule has 5 rings (SSSR count). The van der Waals surface area contributed by atoms with Gasteiger partial charge < -0.3 is 4.90 Å². The minimum absolute atomic E-state index is 0.0421. The second-order valence-corrected chi connectivity index (χ2v) is 11.3. The van der Waals surface area contributed by atoms with Crippen molar-refractivity contribution in [2.45, 2.75) is 82.5 Å². The Labute approximate surface area is 212 Å². The first kappa shape index (κ1) is 25.2. The Bertz CT molecular complexity index is 942. The van der Waals surface area contributed by atoms with E-state index in [4.69, 9.17) is 17.2 Å². The predicted molar refractivity (Wildman–Crippen MR) is 139 cm³/mol. The van der Waals surface area contributed by atoms with Crippen LogP contribution in [0.2, 0.25) is 0 Å². The van der Waals surface area contributed by atoms with E-state index < -0.39 is 11.7 Å². The molecule has 1 atom stereocenters. The van der Waals surface area contributed by atoms with Crippen LogP contribution in [0.5, 0.6) is 0 Å². The van der Waals surface area contributed by atoms with Crippen molar-refractivity contribution < 1.29 is 13.2 Å². The van der Waals surface area contributed by atoms with E-state index in [1.165, 1.54) is 37.8 Å². The molecule has 1 spiro atoms. The average Bonchev–Trinajstić information content (AvgIpc) is 3.07. The van der Waals surface area contributed by atoms with Gasteiger partial charge in [0.15, 0.2) is 0 Å². The number of anilines is 1. The second-order valence-electron chi connectivity index (χ2n) is 10.9. The molecule has 2 heterocycles. The fourth-order valence-electron chi connectivity index (χ4n) is 6.67. The van der Waals surface area contributed by atoms with Crippen molar-refractivity contribution in [3.8, 4) is 0 Å². The summed E-state index contributed by atoms with van der Waals surface area (Å²) >= 11 is 6.23. The first-order valence-corrected chi connectivity index (χ1v) is 13.7. The number of hydrogen-bond acceptors (Lipinski definition) is 4. The molecule has 0 bridgehead atoms. The summed E-state index contributed by atoms with van der Waals surface area (Å²) in [6.07, 6.45) is 6.67. The highest BCUT2D eigenvalue weighted by Gasteiger charge is 2.58. The number of halogens is 3. The minimum atomic E-state index is -4.39. The molecule has 0 radical (unpaired) electrons. The summed E-state index contributed by atoms with van der Waals surface area (Å²) in [6, 6.07) is 5.97. The van der Waals surface area contributed by atoms with E-state index in [1.807, 2.05) is 4.90 Å². The highest BCUT2D eigenvalue weighted by atomic mass is 32.1. The van der Waals surface area contributed by atoms with Crippen molar-refractivity contribution >= 4 is 28.7 Å². The van der Waals surface area contributed by atoms with E-state index in [9.17, 15) is 13.2 Å². The van der Waals surface area contributed by atoms with Gasteiger partial charge in [-0.2, -0.15) is 13.2 Å². The van der Waals surface area contributed by atoms with Crippen molar-refractivity contribution in [2.75, 3.05) is 38.1 Å². The predicted octanol–water partition coefficient (Wildman–Crippen LogP) is 6.15. The number of piperazine rings is 1. The monoisotopic (exact) mass is 506 g/mol. The van der Waals surface area contributed by atoms with Crippen LogP contribution in [0.3, 0.4) is 0 Å². The van der Waals surface area contributed by atoms with Crippen LogP contribution in [0.1, 0.15) is 69.8 Å². The topological polar surface area (TPSA) is 22.1 Å². The largest absolute Gasteiger partial charge is 0.416 e. The third-order valence-corrected chi connectivity index (χ3v) is 9.19. The van der Waals surface area contributed by atoms with E-state index in [2.05, 4.69) is 16.8 Å². The standard InChI is InChI=1S/C27H37F3N4S/c1-32-15-17-33(18-16-32)23-24(31-21-10-4-2-5-11-21)34(25(35)26(23)13-6-3-7-14-26)22-12-8-9-20(19-22)27(28,29)30/h8-9,12,19,21,23H,2-7,10-11,13-18H2,1H3/t23-/m1/s1. The van der Waals surface area contributed by atoms with Crippen molar-refractivity contribution in [2.24, 2.45) is 10.4 Å². The lowest BCUT2D eigenvalue weighted by Crippen LogP contribution is -2.57. The van der Waals surface area contributed by atoms with Gasteiger partial charge in [0.25, 0.3) is 0 Å². The zero-order valence-corrected chi connectivity index (χ0v) is 21.5. The number of amidine groups is 1. The number of thiocarbonyl (C=S) groups is 1. The quantitative estimate of drug-likeness (QED) is 0.459. The van der Waals surface area contributed by atoms with Gasteiger partial charge in [-0.3, -0.25) is 14.8 Å². The maximum Gasteiger partial charge on any atom is 0.416 e. The number of hydrogen-bond donors (Lipinski definition) is 0. The number of likely N-dealkylation sites (N-methyl/N-ethyl adjacent to an activating group) is 1. The summed E-state index contributed by atoms with van der Waals surface area (Å²) in [4.78, 5) is 13.0. The van der Waals surface area contributed by atoms with Crippen LogP contribution in [0, 0.1) is 5.41 Å². The highest BCUT2D eigenvalue weighted by molar-refractivity contribution is 7.80. The van der Waals surface area contributed by atoms with Crippen LogP contribution in [0.4, 0.5) is 18.9 Å². The molecule has 2 saturated carbocycles. The maximum atomic E-state index is 13.7. The number of nitrogens with zero attached hydrogens (tertiary/aromatic N) is 4. The molecule has 2 aliphatic heterocycles. The van der Waals surface area contributed by atoms with Crippen LogP contribution in [0.15, 0.2) is 29.3 Å². The zero-order chi connectivity index (χ0) is 24.6. The summed E-state index contributed by atoms with van der Waals surface area (Å²) in [5.41, 5.74) is -0.345. The van der Waals surface area contributed by atoms with Crippen LogP contribution in [0.25, 0.3) is 0 Å². The number of alkyl halides is 3. The Balaban J connectivity index is 1.63. The van der Waals surface area contributed by atoms with Gasteiger partial charge in [-0.25, -0.2) is 0 Å². The Morgan fingerprint density at radius 2 is 1.60 bits per heavy atom. The van der Waals surface area contributed by atoms with Crippen molar-refractivity contribution in [3.63, 3.8) is 0 Å². The molecule has 192 valence electrons. The SMILES string of the molecule is CN1CCN([C@@H]2C(=NC3CCCCC3)N(c3cccc(C(F)(F)F)c3)C(=S)C23CCCCC3)CC1. The number of aliphatic imine (C=N–C) groups is 1. The molecule has 0 amide bonds. The first-order chi connectivity index (χ1) is 16.8. The molecule has 0 aromatic heterocycles. The van der Waals surface area contributed by atoms with E-state index in [-0.39, 0.29) is 17.5 Å². The fourth-order valence-corrected chi connectivity index (χ4v) is 7.19. The third kappa shape index (κ3) is 4.90. The third-order valence-electron chi connectivity index (χ3n) is 8.60. The van der Waals surface area contributed by atoms with Gasteiger partial charge in [0.1, 0.15) is 5.84 Å². The molecule has 2 saturated heterocycles. The number of benzene rings is 1. The van der Waals surface area contributed by atoms with Crippen molar-refractivity contribution in [3.05, 3.63) is 29.8 Å². The van der Waals surface area contributed by atoms with Gasteiger partial charge in [0.2, 0.25) is 0 Å². The van der Waals surface area contributed by atoms with Crippen molar-refractivity contribution in [1.82, 2.24) is 9.80 Å². The molecule has 4 nitrogen and oxygen atoms in total. The van der Waals surface area contributed by atoms with E-state index in [0.717, 1.165) is 81.6 Å². The Morgan fingerprint density at radius 1 is 0.943 bits per heavy atom. The molecular formula is C27H37F3N4S. The fraction of sp³-hybridized carbons (Fsp3) is 0.704. The van der Waals surface area contributed by atoms with E-state index in [0.29, 0.717) is 5.69 Å². The molecule has 8 heteroatoms.